The summed E-state index contributed by atoms with van der Waals surface area (Å²) in [7, 11) is 0. The highest BCUT2D eigenvalue weighted by atomic mass is 16.5. The predicted octanol–water partition coefficient (Wildman–Crippen LogP) is 7.24. The highest BCUT2D eigenvalue weighted by Gasteiger charge is 2.21. The van der Waals surface area contributed by atoms with E-state index in [1.165, 1.54) is 0 Å². The fourth-order valence-corrected chi connectivity index (χ4v) is 4.93. The summed E-state index contributed by atoms with van der Waals surface area (Å²) in [4.78, 5) is 13.3. The van der Waals surface area contributed by atoms with Crippen LogP contribution in [0.4, 0.5) is 0 Å². The van der Waals surface area contributed by atoms with Gasteiger partial charge in [-0.05, 0) is 87.2 Å². The van der Waals surface area contributed by atoms with Crippen LogP contribution in [0.2, 0.25) is 0 Å². The van der Waals surface area contributed by atoms with Gasteiger partial charge in [0.15, 0.2) is 5.76 Å². The minimum Gasteiger partial charge on any atom is -0.493 e. The Balaban J connectivity index is 1.47. The molecule has 0 aliphatic carbocycles. The fourth-order valence-electron chi connectivity index (χ4n) is 4.93. The molecule has 194 valence electrons. The summed E-state index contributed by atoms with van der Waals surface area (Å²) < 4.78 is 13.7. The van der Waals surface area contributed by atoms with Gasteiger partial charge in [0.05, 0.1) is 18.0 Å². The zero-order valence-electron chi connectivity index (χ0n) is 22.6. The number of hydrogen-bond acceptors (Lipinski definition) is 4. The van der Waals surface area contributed by atoms with E-state index < -0.39 is 0 Å². The molecule has 0 unspecified atom stereocenters. The number of ether oxygens (including phenoxy) is 1. The van der Waals surface area contributed by atoms with Crippen molar-refractivity contribution in [2.24, 2.45) is 0 Å². The minimum atomic E-state index is -0.242. The van der Waals surface area contributed by atoms with Gasteiger partial charge in [-0.3, -0.25) is 4.79 Å². The van der Waals surface area contributed by atoms with Crippen LogP contribution in [0.1, 0.15) is 51.7 Å². The second kappa shape index (κ2) is 10.6. The monoisotopic (exact) mass is 507 g/mol. The smallest absolute Gasteiger partial charge is 0.287 e. The molecule has 0 fully saturated rings. The van der Waals surface area contributed by atoms with Crippen molar-refractivity contribution in [1.82, 2.24) is 15.1 Å². The Morgan fingerprint density at radius 1 is 1.00 bits per heavy atom. The Morgan fingerprint density at radius 2 is 1.79 bits per heavy atom. The van der Waals surface area contributed by atoms with E-state index in [1.54, 1.807) is 0 Å². The van der Waals surface area contributed by atoms with Crippen LogP contribution < -0.4 is 10.1 Å². The fraction of sp³-hybridized carbons (Fsp3) is 0.250. The molecule has 1 N–H and O–H groups in total. The van der Waals surface area contributed by atoms with Gasteiger partial charge < -0.3 is 14.5 Å². The number of hydrogen-bond donors (Lipinski definition) is 1. The number of carbonyl (C=O) groups is 1. The second-order valence-corrected chi connectivity index (χ2v) is 9.81. The summed E-state index contributed by atoms with van der Waals surface area (Å²) in [5.41, 5.74) is 8.49. The number of nitrogens with zero attached hydrogens (tertiary/aromatic N) is 2. The lowest BCUT2D eigenvalue weighted by Gasteiger charge is -2.10. The van der Waals surface area contributed by atoms with E-state index >= 15 is 0 Å². The topological polar surface area (TPSA) is 69.3 Å². The average molecular weight is 508 g/mol. The first-order valence-electron chi connectivity index (χ1n) is 13.0. The normalized spacial score (nSPS) is 11.2. The van der Waals surface area contributed by atoms with Gasteiger partial charge in [0.1, 0.15) is 11.3 Å². The standard InChI is InChI=1S/C32H33N3O3/c1-6-14-37-27-13-12-24(17-21(27)3)30-25(19-35(34-30)26-10-8-7-9-11-26)18-33-32(36)31-23(5)29-22(4)15-20(2)16-28(29)38-31/h7-13,15-17,19H,6,14,18H2,1-5H3,(H,33,36). The van der Waals surface area contributed by atoms with Crippen molar-refractivity contribution in [3.63, 3.8) is 0 Å². The molecule has 0 aliphatic rings. The molecule has 0 radical (unpaired) electrons. The SMILES string of the molecule is CCCOc1ccc(-c2nn(-c3ccccc3)cc2CNC(=O)c2oc3cc(C)cc(C)c3c2C)cc1C. The van der Waals surface area contributed by atoms with Crippen LogP contribution in [-0.2, 0) is 6.54 Å². The number of rotatable bonds is 8. The van der Waals surface area contributed by atoms with Crippen LogP contribution in [0.25, 0.3) is 27.9 Å². The maximum atomic E-state index is 13.3. The average Bonchev–Trinajstić information content (AvgIpc) is 3.48. The zero-order chi connectivity index (χ0) is 26.8. The van der Waals surface area contributed by atoms with E-state index in [1.807, 2.05) is 87.1 Å². The molecule has 0 bridgehead atoms. The van der Waals surface area contributed by atoms with Crippen molar-refractivity contribution in [3.05, 3.63) is 100 Å². The van der Waals surface area contributed by atoms with Gasteiger partial charge in [-0.15, -0.1) is 0 Å². The van der Waals surface area contributed by atoms with Crippen LogP contribution in [0, 0.1) is 27.7 Å². The predicted molar refractivity (Wildman–Crippen MR) is 151 cm³/mol. The second-order valence-electron chi connectivity index (χ2n) is 9.81. The highest BCUT2D eigenvalue weighted by molar-refractivity contribution is 6.00. The highest BCUT2D eigenvalue weighted by Crippen LogP contribution is 2.31. The quantitative estimate of drug-likeness (QED) is 0.240. The molecule has 0 saturated heterocycles. The molecule has 0 atom stereocenters. The lowest BCUT2D eigenvalue weighted by molar-refractivity contribution is 0.0924. The number of carbonyl (C=O) groups excluding carboxylic acids is 1. The van der Waals surface area contributed by atoms with E-state index in [0.717, 1.165) is 67.9 Å². The van der Waals surface area contributed by atoms with Crippen molar-refractivity contribution < 1.29 is 13.9 Å². The summed E-state index contributed by atoms with van der Waals surface area (Å²) in [6.07, 6.45) is 2.93. The Morgan fingerprint density at radius 3 is 2.53 bits per heavy atom. The number of furan rings is 1. The Hall–Kier alpha value is -4.32. The molecule has 5 rings (SSSR count). The number of benzene rings is 3. The lowest BCUT2D eigenvalue weighted by Crippen LogP contribution is -2.23. The number of amides is 1. The Kier molecular flexibility index (Phi) is 7.05. The van der Waals surface area contributed by atoms with Gasteiger partial charge in [-0.1, -0.05) is 31.2 Å². The first-order chi connectivity index (χ1) is 18.4. The van der Waals surface area contributed by atoms with Crippen molar-refractivity contribution in [1.29, 1.82) is 0 Å². The molecule has 38 heavy (non-hydrogen) atoms. The third-order valence-electron chi connectivity index (χ3n) is 6.74. The number of aromatic nitrogens is 2. The zero-order valence-corrected chi connectivity index (χ0v) is 22.6. The maximum absolute atomic E-state index is 13.3. The summed E-state index contributed by atoms with van der Waals surface area (Å²) in [5, 5.41) is 8.98. The Bertz CT molecular complexity index is 1610. The molecule has 6 nitrogen and oxygen atoms in total. The summed E-state index contributed by atoms with van der Waals surface area (Å²) in [6, 6.07) is 20.1. The van der Waals surface area contributed by atoms with Crippen LogP contribution >= 0.6 is 0 Å². The third-order valence-corrected chi connectivity index (χ3v) is 6.74. The van der Waals surface area contributed by atoms with Crippen molar-refractivity contribution in [2.45, 2.75) is 47.6 Å². The van der Waals surface area contributed by atoms with Crippen molar-refractivity contribution in [2.75, 3.05) is 6.61 Å². The largest absolute Gasteiger partial charge is 0.493 e. The van der Waals surface area contributed by atoms with Gasteiger partial charge in [-0.2, -0.15) is 5.10 Å². The van der Waals surface area contributed by atoms with Crippen LogP contribution in [-0.4, -0.2) is 22.3 Å². The molecule has 2 heterocycles. The molecule has 0 saturated carbocycles. The van der Waals surface area contributed by atoms with E-state index in [-0.39, 0.29) is 5.91 Å². The molecule has 2 aromatic heterocycles. The number of fused-ring (bicyclic) bond motifs is 1. The molecular weight excluding hydrogens is 474 g/mol. The summed E-state index contributed by atoms with van der Waals surface area (Å²) in [5.74, 6) is 0.978. The molecule has 1 amide bonds. The minimum absolute atomic E-state index is 0.242. The van der Waals surface area contributed by atoms with Gasteiger partial charge in [0.25, 0.3) is 5.91 Å². The molecule has 0 spiro atoms. The van der Waals surface area contributed by atoms with Gasteiger partial charge in [0.2, 0.25) is 0 Å². The molecule has 0 aliphatic heterocycles. The lowest BCUT2D eigenvalue weighted by atomic mass is 10.0. The van der Waals surface area contributed by atoms with Crippen LogP contribution in [0.15, 0.2) is 71.3 Å². The van der Waals surface area contributed by atoms with E-state index in [0.29, 0.717) is 18.9 Å². The molecular formula is C32H33N3O3. The summed E-state index contributed by atoms with van der Waals surface area (Å²) >= 11 is 0. The first-order valence-corrected chi connectivity index (χ1v) is 13.0. The van der Waals surface area contributed by atoms with Gasteiger partial charge >= 0.3 is 0 Å². The number of aryl methyl sites for hydroxylation is 4. The van der Waals surface area contributed by atoms with Crippen molar-refractivity contribution >= 4 is 16.9 Å². The first kappa shape index (κ1) is 25.3. The van der Waals surface area contributed by atoms with Crippen molar-refractivity contribution in [3.8, 4) is 22.7 Å². The van der Waals surface area contributed by atoms with Gasteiger partial charge in [0, 0.05) is 34.8 Å². The van der Waals surface area contributed by atoms with Crippen LogP contribution in [0.5, 0.6) is 5.75 Å². The Labute approximate surface area is 223 Å². The maximum Gasteiger partial charge on any atom is 0.287 e. The van der Waals surface area contributed by atoms with E-state index in [9.17, 15) is 4.79 Å². The van der Waals surface area contributed by atoms with E-state index in [2.05, 4.69) is 24.4 Å². The van der Waals surface area contributed by atoms with Crippen LogP contribution in [0.3, 0.4) is 0 Å². The third kappa shape index (κ3) is 4.94. The molecule has 5 aromatic rings. The number of para-hydroxylation sites is 1. The molecule has 3 aromatic carbocycles. The summed E-state index contributed by atoms with van der Waals surface area (Å²) in [6.45, 7) is 11.1. The van der Waals surface area contributed by atoms with E-state index in [4.69, 9.17) is 14.3 Å². The number of nitrogens with one attached hydrogen (secondary N) is 1. The molecule has 6 heteroatoms. The van der Waals surface area contributed by atoms with Gasteiger partial charge in [-0.25, -0.2) is 4.68 Å².